The first-order valence-corrected chi connectivity index (χ1v) is 13.1. The van der Waals surface area contributed by atoms with Crippen molar-refractivity contribution in [3.8, 4) is 5.75 Å². The standard InChI is InChI=1S/C30H28N2O4S/c1-5-19-12-13-23-24(15-19)37-30(31-23)32-26(20-9-6-8-18(4)14-20)25(28(34)29(32)35)27(33)21-10-7-11-22(16-21)36-17(2)3/h6-17,26,33H,5H2,1-4H3/b27-25+. The van der Waals surface area contributed by atoms with Crippen molar-refractivity contribution in [3.63, 3.8) is 0 Å². The Morgan fingerprint density at radius 3 is 2.59 bits per heavy atom. The highest BCUT2D eigenvalue weighted by molar-refractivity contribution is 7.22. The number of ether oxygens (including phenoxy) is 1. The maximum Gasteiger partial charge on any atom is 0.301 e. The summed E-state index contributed by atoms with van der Waals surface area (Å²) in [7, 11) is 0. The summed E-state index contributed by atoms with van der Waals surface area (Å²) in [6, 6.07) is 19.8. The number of nitrogens with zero attached hydrogens (tertiary/aromatic N) is 2. The SMILES string of the molecule is CCc1ccc2nc(N3C(=O)C(=O)/C(=C(/O)c4cccc(OC(C)C)c4)C3c3cccc(C)c3)sc2c1. The Bertz CT molecular complexity index is 1550. The molecule has 1 N–H and O–H groups in total. The van der Waals surface area contributed by atoms with Crippen LogP contribution >= 0.6 is 11.3 Å². The van der Waals surface area contributed by atoms with Gasteiger partial charge in [0.2, 0.25) is 0 Å². The van der Waals surface area contributed by atoms with Crippen molar-refractivity contribution >= 4 is 44.1 Å². The van der Waals surface area contributed by atoms with Crippen molar-refractivity contribution in [2.75, 3.05) is 4.90 Å². The van der Waals surface area contributed by atoms with Crippen LogP contribution in [0.5, 0.6) is 5.75 Å². The molecule has 0 saturated carbocycles. The minimum atomic E-state index is -0.819. The van der Waals surface area contributed by atoms with E-state index < -0.39 is 17.7 Å². The fourth-order valence-electron chi connectivity index (χ4n) is 4.61. The van der Waals surface area contributed by atoms with E-state index >= 15 is 0 Å². The Balaban J connectivity index is 1.69. The monoisotopic (exact) mass is 512 g/mol. The summed E-state index contributed by atoms with van der Waals surface area (Å²) < 4.78 is 6.72. The van der Waals surface area contributed by atoms with Gasteiger partial charge in [-0.3, -0.25) is 14.5 Å². The zero-order chi connectivity index (χ0) is 26.3. The second-order valence-corrected chi connectivity index (χ2v) is 10.4. The molecule has 188 valence electrons. The number of aryl methyl sites for hydroxylation is 2. The summed E-state index contributed by atoms with van der Waals surface area (Å²) in [4.78, 5) is 33.1. The third-order valence-corrected chi connectivity index (χ3v) is 7.35. The number of carbonyl (C=O) groups excluding carboxylic acids is 2. The predicted octanol–water partition coefficient (Wildman–Crippen LogP) is 6.58. The van der Waals surface area contributed by atoms with Gasteiger partial charge in [0.1, 0.15) is 11.5 Å². The molecular formula is C30H28N2O4S. The number of carbonyl (C=O) groups is 2. The van der Waals surface area contributed by atoms with E-state index in [1.54, 1.807) is 24.3 Å². The van der Waals surface area contributed by atoms with Gasteiger partial charge >= 0.3 is 5.91 Å². The van der Waals surface area contributed by atoms with Gasteiger partial charge in [0, 0.05) is 5.56 Å². The van der Waals surface area contributed by atoms with Crippen molar-refractivity contribution in [3.05, 3.63) is 94.6 Å². The smallest absolute Gasteiger partial charge is 0.301 e. The fourth-order valence-corrected chi connectivity index (χ4v) is 5.67. The molecule has 4 aromatic rings. The molecule has 1 amide bonds. The molecule has 3 aromatic carbocycles. The normalized spacial score (nSPS) is 17.2. The number of hydrogen-bond donors (Lipinski definition) is 1. The Morgan fingerprint density at radius 1 is 1.08 bits per heavy atom. The van der Waals surface area contributed by atoms with Gasteiger partial charge in [-0.05, 0) is 62.6 Å². The maximum absolute atomic E-state index is 13.5. The van der Waals surface area contributed by atoms with Gasteiger partial charge in [-0.25, -0.2) is 4.98 Å². The van der Waals surface area contributed by atoms with E-state index in [-0.39, 0.29) is 17.4 Å². The summed E-state index contributed by atoms with van der Waals surface area (Å²) >= 11 is 1.37. The summed E-state index contributed by atoms with van der Waals surface area (Å²) in [5.74, 6) is -1.13. The zero-order valence-corrected chi connectivity index (χ0v) is 22.0. The largest absolute Gasteiger partial charge is 0.507 e. The van der Waals surface area contributed by atoms with E-state index in [4.69, 9.17) is 9.72 Å². The topological polar surface area (TPSA) is 79.7 Å². The molecule has 1 fully saturated rings. The molecule has 1 aromatic heterocycles. The molecule has 1 saturated heterocycles. The molecule has 1 unspecified atom stereocenters. The van der Waals surface area contributed by atoms with E-state index in [1.165, 1.54) is 21.8 Å². The lowest BCUT2D eigenvalue weighted by atomic mass is 9.94. The number of thiazole rings is 1. The highest BCUT2D eigenvalue weighted by atomic mass is 32.1. The number of aliphatic hydroxyl groups excluding tert-OH is 1. The summed E-state index contributed by atoms with van der Waals surface area (Å²) in [6.07, 6.45) is 0.832. The van der Waals surface area contributed by atoms with Crippen molar-refractivity contribution < 1.29 is 19.4 Å². The predicted molar refractivity (Wildman–Crippen MR) is 147 cm³/mol. The summed E-state index contributed by atoms with van der Waals surface area (Å²) in [5, 5.41) is 11.9. The quantitative estimate of drug-likeness (QED) is 0.179. The Hall–Kier alpha value is -3.97. The van der Waals surface area contributed by atoms with Gasteiger partial charge in [-0.2, -0.15) is 0 Å². The first kappa shape index (κ1) is 24.7. The van der Waals surface area contributed by atoms with E-state index in [1.807, 2.05) is 57.2 Å². The molecule has 0 radical (unpaired) electrons. The lowest BCUT2D eigenvalue weighted by Crippen LogP contribution is -2.29. The highest BCUT2D eigenvalue weighted by Gasteiger charge is 2.48. The summed E-state index contributed by atoms with van der Waals surface area (Å²) in [5.41, 5.74) is 4.08. The second kappa shape index (κ2) is 9.82. The number of aliphatic hydroxyl groups is 1. The Kier molecular flexibility index (Phi) is 6.56. The third-order valence-electron chi connectivity index (χ3n) is 6.34. The van der Waals surface area contributed by atoms with Crippen LogP contribution < -0.4 is 9.64 Å². The number of rotatable bonds is 6. The molecule has 5 rings (SSSR count). The lowest BCUT2D eigenvalue weighted by Gasteiger charge is -2.23. The average Bonchev–Trinajstić information content (AvgIpc) is 3.41. The number of anilines is 1. The second-order valence-electron chi connectivity index (χ2n) is 9.43. The van der Waals surface area contributed by atoms with Crippen LogP contribution in [-0.4, -0.2) is 27.9 Å². The van der Waals surface area contributed by atoms with E-state index in [0.717, 1.165) is 27.8 Å². The summed E-state index contributed by atoms with van der Waals surface area (Å²) in [6.45, 7) is 7.86. The van der Waals surface area contributed by atoms with Crippen molar-refractivity contribution in [2.24, 2.45) is 0 Å². The number of hydrogen-bond acceptors (Lipinski definition) is 6. The van der Waals surface area contributed by atoms with Crippen LogP contribution in [0.3, 0.4) is 0 Å². The number of Topliss-reactive ketones (excluding diaryl/α,β-unsaturated/α-hetero) is 1. The lowest BCUT2D eigenvalue weighted by molar-refractivity contribution is -0.132. The number of amides is 1. The molecule has 0 spiro atoms. The van der Waals surface area contributed by atoms with Gasteiger partial charge in [0.05, 0.1) is 27.9 Å². The van der Waals surface area contributed by atoms with Crippen LogP contribution in [0.25, 0.3) is 16.0 Å². The van der Waals surface area contributed by atoms with Crippen LogP contribution in [0.15, 0.2) is 72.3 Å². The molecule has 6 nitrogen and oxygen atoms in total. The molecule has 1 aliphatic rings. The molecule has 1 aliphatic heterocycles. The molecule has 37 heavy (non-hydrogen) atoms. The minimum absolute atomic E-state index is 0.0331. The van der Waals surface area contributed by atoms with Crippen molar-refractivity contribution in [2.45, 2.75) is 46.3 Å². The molecule has 1 atom stereocenters. The molecule has 0 bridgehead atoms. The van der Waals surface area contributed by atoms with Gasteiger partial charge in [0.25, 0.3) is 5.78 Å². The van der Waals surface area contributed by atoms with Gasteiger partial charge in [-0.15, -0.1) is 0 Å². The third kappa shape index (κ3) is 4.62. The van der Waals surface area contributed by atoms with Gasteiger partial charge in [-0.1, -0.05) is 66.3 Å². The fraction of sp³-hybridized carbons (Fsp3) is 0.233. The first-order chi connectivity index (χ1) is 17.8. The molecule has 7 heteroatoms. The molecule has 2 heterocycles. The van der Waals surface area contributed by atoms with Crippen molar-refractivity contribution in [1.29, 1.82) is 0 Å². The van der Waals surface area contributed by atoms with E-state index in [2.05, 4.69) is 13.0 Å². The number of fused-ring (bicyclic) bond motifs is 1. The van der Waals surface area contributed by atoms with Crippen LogP contribution in [0, 0.1) is 6.92 Å². The van der Waals surface area contributed by atoms with Gasteiger partial charge in [0.15, 0.2) is 5.13 Å². The van der Waals surface area contributed by atoms with Crippen molar-refractivity contribution in [1.82, 2.24) is 4.98 Å². The maximum atomic E-state index is 13.5. The van der Waals surface area contributed by atoms with E-state index in [9.17, 15) is 14.7 Å². The van der Waals surface area contributed by atoms with Gasteiger partial charge < -0.3 is 9.84 Å². The number of aromatic nitrogens is 1. The van der Waals surface area contributed by atoms with Crippen LogP contribution in [0.1, 0.15) is 49.1 Å². The molecular weight excluding hydrogens is 484 g/mol. The number of benzene rings is 3. The average molecular weight is 513 g/mol. The number of ketones is 1. The van der Waals surface area contributed by atoms with E-state index in [0.29, 0.717) is 16.4 Å². The van der Waals surface area contributed by atoms with Crippen LogP contribution in [-0.2, 0) is 16.0 Å². The zero-order valence-electron chi connectivity index (χ0n) is 21.2. The molecule has 0 aliphatic carbocycles. The Labute approximate surface area is 219 Å². The minimum Gasteiger partial charge on any atom is -0.507 e. The Morgan fingerprint density at radius 2 is 1.86 bits per heavy atom. The van der Waals surface area contributed by atoms with Crippen LogP contribution in [0.2, 0.25) is 0 Å². The highest BCUT2D eigenvalue weighted by Crippen LogP contribution is 2.44. The first-order valence-electron chi connectivity index (χ1n) is 12.3. The van der Waals surface area contributed by atoms with Crippen LogP contribution in [0.4, 0.5) is 5.13 Å².